The molecule has 250 valence electrons. The number of nitrogens with zero attached hydrogens (tertiary/aromatic N) is 4. The van der Waals surface area contributed by atoms with Gasteiger partial charge in [-0.25, -0.2) is 14.3 Å². The van der Waals surface area contributed by atoms with E-state index < -0.39 is 10.0 Å². The van der Waals surface area contributed by atoms with Crippen molar-refractivity contribution >= 4 is 33.1 Å². The highest BCUT2D eigenvalue weighted by molar-refractivity contribution is 7.89. The van der Waals surface area contributed by atoms with Crippen LogP contribution >= 0.6 is 0 Å². The van der Waals surface area contributed by atoms with E-state index in [9.17, 15) is 13.2 Å². The second-order valence-electron chi connectivity index (χ2n) is 12.1. The summed E-state index contributed by atoms with van der Waals surface area (Å²) in [5, 5.41) is 1.48. The Kier molecular flexibility index (Phi) is 11.7. The molecule has 46 heavy (non-hydrogen) atoms. The van der Waals surface area contributed by atoms with Crippen LogP contribution in [0.25, 0.3) is 0 Å². The minimum atomic E-state index is -3.74. The maximum Gasteiger partial charge on any atom is 0.306 e. The van der Waals surface area contributed by atoms with Gasteiger partial charge in [0.15, 0.2) is 0 Å². The summed E-state index contributed by atoms with van der Waals surface area (Å²) in [6, 6.07) is 17.0. The first-order valence-electron chi connectivity index (χ1n) is 16.0. The Morgan fingerprint density at radius 2 is 1.76 bits per heavy atom. The molecule has 0 spiro atoms. The minimum Gasteiger partial charge on any atom is -0.466 e. The third-order valence-electron chi connectivity index (χ3n) is 9.14. The first-order valence-corrected chi connectivity index (χ1v) is 17.5. The van der Waals surface area contributed by atoms with Crippen molar-refractivity contribution in [2.24, 2.45) is 5.84 Å². The summed E-state index contributed by atoms with van der Waals surface area (Å²) in [5.74, 6) is 5.37. The largest absolute Gasteiger partial charge is 0.466 e. The molecule has 0 saturated heterocycles. The second-order valence-corrected chi connectivity index (χ2v) is 14.0. The zero-order valence-electron chi connectivity index (χ0n) is 28.1. The molecule has 4 N–H and O–H groups in total. The highest BCUT2D eigenvalue weighted by atomic mass is 32.2. The molecule has 4 rings (SSSR count). The quantitative estimate of drug-likeness (QED) is 0.0896. The van der Waals surface area contributed by atoms with Crippen LogP contribution in [0.15, 0.2) is 59.5 Å². The van der Waals surface area contributed by atoms with Gasteiger partial charge in [-0.1, -0.05) is 50.2 Å². The Hall–Kier alpha value is -3.64. The van der Waals surface area contributed by atoms with E-state index in [1.54, 1.807) is 23.5 Å². The molecule has 0 bridgehead atoms. The zero-order chi connectivity index (χ0) is 33.6. The Morgan fingerprint density at radius 1 is 1.04 bits per heavy atom. The molecule has 0 aromatic heterocycles. The number of para-hydroxylation sites is 1. The number of carbonyl (C=O) groups excluding carboxylic acids is 1. The smallest absolute Gasteiger partial charge is 0.306 e. The van der Waals surface area contributed by atoms with Crippen LogP contribution in [-0.2, 0) is 26.1 Å². The number of benzene rings is 3. The van der Waals surface area contributed by atoms with Gasteiger partial charge in [0.25, 0.3) is 0 Å². The maximum absolute atomic E-state index is 13.9. The van der Waals surface area contributed by atoms with Gasteiger partial charge in [-0.05, 0) is 79.4 Å². The van der Waals surface area contributed by atoms with Crippen LogP contribution < -0.4 is 21.5 Å². The normalized spacial score (nSPS) is 15.3. The van der Waals surface area contributed by atoms with E-state index in [1.165, 1.54) is 5.01 Å². The summed E-state index contributed by atoms with van der Waals surface area (Å²) in [6.07, 6.45) is 0.880. The molecule has 1 unspecified atom stereocenters. The molecule has 0 saturated carbocycles. The van der Waals surface area contributed by atoms with E-state index in [0.29, 0.717) is 41.7 Å². The van der Waals surface area contributed by atoms with E-state index in [4.69, 9.17) is 16.3 Å². The average Bonchev–Trinajstić information content (AvgIpc) is 3.12. The first kappa shape index (κ1) is 35.2. The fourth-order valence-electron chi connectivity index (χ4n) is 6.13. The molecule has 1 heterocycles. The monoisotopic (exact) mass is 650 g/mol. The lowest BCUT2D eigenvalue weighted by Crippen LogP contribution is -2.33. The number of nitrogens with two attached hydrogens (primary N) is 2. The van der Waals surface area contributed by atoms with E-state index in [2.05, 4.69) is 18.7 Å². The maximum atomic E-state index is 13.9. The number of hydrogen-bond acceptors (Lipinski definition) is 9. The summed E-state index contributed by atoms with van der Waals surface area (Å²) < 4.78 is 35.0. The molecule has 1 aliphatic rings. The van der Waals surface area contributed by atoms with Crippen LogP contribution in [0, 0.1) is 13.8 Å². The van der Waals surface area contributed by atoms with E-state index in [0.717, 1.165) is 53.9 Å². The van der Waals surface area contributed by atoms with Crippen molar-refractivity contribution in [2.75, 3.05) is 69.1 Å². The third kappa shape index (κ3) is 7.83. The minimum absolute atomic E-state index is 0.117. The van der Waals surface area contributed by atoms with Gasteiger partial charge in [0, 0.05) is 46.2 Å². The zero-order valence-corrected chi connectivity index (χ0v) is 28.9. The summed E-state index contributed by atoms with van der Waals surface area (Å²) in [5.41, 5.74) is 13.0. The van der Waals surface area contributed by atoms with Gasteiger partial charge in [-0.2, -0.15) is 4.31 Å². The van der Waals surface area contributed by atoms with Crippen molar-refractivity contribution in [3.63, 3.8) is 0 Å². The Balaban J connectivity index is 1.67. The SMILES string of the molecule is CCN(CC)CCCOC(=O)CC(c1ccc(C)c(CN2CCN(C)c3ccccc3S2(=O)=O)c1)c1ccc(N(C)N)c(N)c1C. The molecular weight excluding hydrogens is 600 g/mol. The van der Waals surface area contributed by atoms with E-state index in [-0.39, 0.29) is 24.9 Å². The predicted octanol–water partition coefficient (Wildman–Crippen LogP) is 4.63. The molecule has 3 aromatic rings. The van der Waals surface area contributed by atoms with Crippen LogP contribution in [0.3, 0.4) is 0 Å². The number of aryl methyl sites for hydroxylation is 1. The number of fused-ring (bicyclic) bond motifs is 1. The van der Waals surface area contributed by atoms with Gasteiger partial charge in [0.2, 0.25) is 10.0 Å². The van der Waals surface area contributed by atoms with E-state index >= 15 is 0 Å². The number of carbonyl (C=O) groups is 1. The van der Waals surface area contributed by atoms with E-state index in [1.807, 2.05) is 68.3 Å². The van der Waals surface area contributed by atoms with Gasteiger partial charge in [-0.3, -0.25) is 4.79 Å². The number of likely N-dealkylation sites (N-methyl/N-ethyl adjacent to an activating group) is 1. The summed E-state index contributed by atoms with van der Waals surface area (Å²) >= 11 is 0. The standard InChI is InChI=1S/C35H50N6O4S/c1-7-40(8-2)18-11-21-45-34(42)23-30(29-16-17-32(39(6)37)35(36)26(29)4)27-15-14-25(3)28(22-27)24-41-20-19-38(5)31-12-9-10-13-33(31)46(41,43)44/h9-10,12-17,22,30H,7-8,11,18-21,23-24,36-37H2,1-6H3. The van der Waals surface area contributed by atoms with Gasteiger partial charge >= 0.3 is 5.97 Å². The fourth-order valence-corrected chi connectivity index (χ4v) is 7.78. The predicted molar refractivity (Wildman–Crippen MR) is 186 cm³/mol. The second kappa shape index (κ2) is 15.3. The van der Waals surface area contributed by atoms with Crippen LogP contribution in [0.2, 0.25) is 0 Å². The van der Waals surface area contributed by atoms with Crippen molar-refractivity contribution in [3.05, 3.63) is 82.4 Å². The molecular formula is C35H50N6O4S. The highest BCUT2D eigenvalue weighted by Crippen LogP contribution is 2.38. The molecule has 10 nitrogen and oxygen atoms in total. The van der Waals surface area contributed by atoms with Crippen molar-refractivity contribution in [1.29, 1.82) is 0 Å². The third-order valence-corrected chi connectivity index (χ3v) is 11.0. The number of hydrogen-bond donors (Lipinski definition) is 2. The molecule has 1 atom stereocenters. The van der Waals surface area contributed by atoms with Gasteiger partial charge in [0.1, 0.15) is 4.90 Å². The summed E-state index contributed by atoms with van der Waals surface area (Å²) in [7, 11) is -0.0899. The van der Waals surface area contributed by atoms with Gasteiger partial charge in [-0.15, -0.1) is 0 Å². The van der Waals surface area contributed by atoms with Crippen molar-refractivity contribution < 1.29 is 17.9 Å². The molecule has 0 amide bonds. The number of esters is 1. The van der Waals surface area contributed by atoms with Crippen molar-refractivity contribution in [2.45, 2.75) is 57.9 Å². The molecule has 0 fully saturated rings. The van der Waals surface area contributed by atoms with Crippen LogP contribution in [0.1, 0.15) is 60.4 Å². The Morgan fingerprint density at radius 3 is 2.46 bits per heavy atom. The molecule has 11 heteroatoms. The number of anilines is 3. The van der Waals surface area contributed by atoms with Crippen LogP contribution in [-0.4, -0.2) is 77.0 Å². The van der Waals surface area contributed by atoms with Crippen LogP contribution in [0.5, 0.6) is 0 Å². The molecule has 1 aliphatic heterocycles. The number of rotatable bonds is 13. The topological polar surface area (TPSA) is 125 Å². The lowest BCUT2D eigenvalue weighted by Gasteiger charge is -2.25. The average molecular weight is 651 g/mol. The Labute approximate surface area is 274 Å². The van der Waals surface area contributed by atoms with Crippen molar-refractivity contribution in [3.8, 4) is 0 Å². The summed E-state index contributed by atoms with van der Waals surface area (Å²) in [6.45, 7) is 12.4. The summed E-state index contributed by atoms with van der Waals surface area (Å²) in [4.78, 5) is 17.9. The number of ether oxygens (including phenoxy) is 1. The fraction of sp³-hybridized carbons (Fsp3) is 0.457. The number of sulfonamides is 1. The van der Waals surface area contributed by atoms with Crippen molar-refractivity contribution in [1.82, 2.24) is 9.21 Å². The van der Waals surface area contributed by atoms with Crippen LogP contribution in [0.4, 0.5) is 17.1 Å². The lowest BCUT2D eigenvalue weighted by atomic mass is 9.84. The number of nitrogen functional groups attached to an aromatic ring is 1. The molecule has 3 aromatic carbocycles. The first-order chi connectivity index (χ1) is 21.9. The Bertz CT molecular complexity index is 1620. The lowest BCUT2D eigenvalue weighted by molar-refractivity contribution is -0.144. The number of hydrazine groups is 1. The highest BCUT2D eigenvalue weighted by Gasteiger charge is 2.32. The molecule has 0 radical (unpaired) electrons. The molecule has 0 aliphatic carbocycles. The van der Waals surface area contributed by atoms with Gasteiger partial charge < -0.3 is 25.3 Å². The van der Waals surface area contributed by atoms with Gasteiger partial charge in [0.05, 0.1) is 30.1 Å².